The van der Waals surface area contributed by atoms with Crippen molar-refractivity contribution < 1.29 is 0 Å². The fourth-order valence-corrected chi connectivity index (χ4v) is 2.41. The molecule has 5 heteroatoms. The average Bonchev–Trinajstić information content (AvgIpc) is 2.51. The quantitative estimate of drug-likeness (QED) is 0.845. The number of nitrogens with zero attached hydrogens (tertiary/aromatic N) is 2. The van der Waals surface area contributed by atoms with Crippen molar-refractivity contribution in [3.05, 3.63) is 44.6 Å². The molecule has 0 aliphatic carbocycles. The van der Waals surface area contributed by atoms with Crippen LogP contribution in [0.2, 0.25) is 5.28 Å². The first kappa shape index (κ1) is 10.1. The maximum atomic E-state index is 5.64. The Bertz CT molecular complexity index is 444. The van der Waals surface area contributed by atoms with Crippen molar-refractivity contribution in [2.24, 2.45) is 0 Å². The van der Waals surface area contributed by atoms with Gasteiger partial charge in [0.1, 0.15) is 5.01 Å². The molecule has 0 fully saturated rings. The van der Waals surface area contributed by atoms with Crippen molar-refractivity contribution in [2.45, 2.75) is 6.42 Å². The summed E-state index contributed by atoms with van der Waals surface area (Å²) in [5.41, 5.74) is 1.20. The molecular formula is C9H6BrClN2S. The van der Waals surface area contributed by atoms with Crippen molar-refractivity contribution >= 4 is 39.1 Å². The zero-order chi connectivity index (χ0) is 9.97. The molecular weight excluding hydrogens is 284 g/mol. The zero-order valence-corrected chi connectivity index (χ0v) is 10.2. The molecule has 14 heavy (non-hydrogen) atoms. The molecule has 0 N–H and O–H groups in total. The van der Waals surface area contributed by atoms with Crippen molar-refractivity contribution in [1.82, 2.24) is 9.36 Å². The molecule has 0 saturated carbocycles. The van der Waals surface area contributed by atoms with Crippen LogP contribution in [0.1, 0.15) is 10.6 Å². The Balaban J connectivity index is 2.18. The van der Waals surface area contributed by atoms with Gasteiger partial charge in [-0.3, -0.25) is 0 Å². The van der Waals surface area contributed by atoms with Gasteiger partial charge in [-0.05, 0) is 40.8 Å². The van der Waals surface area contributed by atoms with E-state index >= 15 is 0 Å². The van der Waals surface area contributed by atoms with Crippen molar-refractivity contribution in [2.75, 3.05) is 0 Å². The molecule has 1 aromatic heterocycles. The van der Waals surface area contributed by atoms with E-state index in [0.29, 0.717) is 5.28 Å². The van der Waals surface area contributed by atoms with Gasteiger partial charge in [0.2, 0.25) is 5.28 Å². The van der Waals surface area contributed by atoms with Gasteiger partial charge in [0.25, 0.3) is 0 Å². The Kier molecular flexibility index (Phi) is 3.15. The van der Waals surface area contributed by atoms with E-state index < -0.39 is 0 Å². The van der Waals surface area contributed by atoms with E-state index in [1.807, 2.05) is 12.1 Å². The Labute approximate surface area is 99.2 Å². The molecule has 72 valence electrons. The first-order valence-electron chi connectivity index (χ1n) is 3.96. The molecule has 0 aliphatic rings. The average molecular weight is 290 g/mol. The van der Waals surface area contributed by atoms with E-state index in [1.165, 1.54) is 17.1 Å². The maximum Gasteiger partial charge on any atom is 0.234 e. The topological polar surface area (TPSA) is 25.8 Å². The molecule has 2 nitrogen and oxygen atoms in total. The Morgan fingerprint density at radius 2 is 2.29 bits per heavy atom. The van der Waals surface area contributed by atoms with Crippen LogP contribution in [-0.2, 0) is 6.42 Å². The van der Waals surface area contributed by atoms with E-state index in [1.54, 1.807) is 0 Å². The second-order valence-corrected chi connectivity index (χ2v) is 4.85. The van der Waals surface area contributed by atoms with Crippen LogP contribution in [0.5, 0.6) is 0 Å². The Hall–Kier alpha value is -0.450. The maximum absolute atomic E-state index is 5.64. The van der Waals surface area contributed by atoms with Crippen molar-refractivity contribution in [1.29, 1.82) is 0 Å². The smallest absolute Gasteiger partial charge is 0.209 e. The number of benzene rings is 1. The molecule has 0 amide bonds. The van der Waals surface area contributed by atoms with Gasteiger partial charge < -0.3 is 0 Å². The fraction of sp³-hybridized carbons (Fsp3) is 0.111. The molecule has 0 radical (unpaired) electrons. The first-order valence-corrected chi connectivity index (χ1v) is 5.91. The summed E-state index contributed by atoms with van der Waals surface area (Å²) in [5.74, 6) is 0. The van der Waals surface area contributed by atoms with Crippen molar-refractivity contribution in [3.63, 3.8) is 0 Å². The lowest BCUT2D eigenvalue weighted by Crippen LogP contribution is -1.86. The van der Waals surface area contributed by atoms with E-state index in [2.05, 4.69) is 37.4 Å². The SMILES string of the molecule is Clc1nsc(Cc2cccc(Br)c2)n1. The predicted molar refractivity (Wildman–Crippen MR) is 61.9 cm³/mol. The summed E-state index contributed by atoms with van der Waals surface area (Å²) in [6, 6.07) is 8.12. The van der Waals surface area contributed by atoms with Crippen LogP contribution in [0, 0.1) is 0 Å². The minimum absolute atomic E-state index is 0.333. The summed E-state index contributed by atoms with van der Waals surface area (Å²) in [6.45, 7) is 0. The van der Waals surface area contributed by atoms with Gasteiger partial charge in [0, 0.05) is 10.9 Å². The molecule has 2 aromatic rings. The summed E-state index contributed by atoms with van der Waals surface area (Å²) < 4.78 is 4.99. The van der Waals surface area contributed by atoms with Crippen LogP contribution in [0.4, 0.5) is 0 Å². The Morgan fingerprint density at radius 3 is 2.93 bits per heavy atom. The van der Waals surface area contributed by atoms with Gasteiger partial charge in [-0.2, -0.15) is 4.37 Å². The summed E-state index contributed by atoms with van der Waals surface area (Å²) in [5, 5.41) is 1.27. The summed E-state index contributed by atoms with van der Waals surface area (Å²) in [7, 11) is 0. The lowest BCUT2D eigenvalue weighted by molar-refractivity contribution is 1.13. The third-order valence-electron chi connectivity index (χ3n) is 1.69. The minimum atomic E-state index is 0.333. The fourth-order valence-electron chi connectivity index (χ4n) is 1.13. The molecule has 0 aliphatic heterocycles. The first-order chi connectivity index (χ1) is 6.74. The number of rotatable bonds is 2. The number of aromatic nitrogens is 2. The number of hydrogen-bond donors (Lipinski definition) is 0. The second-order valence-electron chi connectivity index (χ2n) is 2.76. The highest BCUT2D eigenvalue weighted by molar-refractivity contribution is 9.10. The van der Waals surface area contributed by atoms with Gasteiger partial charge in [-0.25, -0.2) is 4.98 Å². The predicted octanol–water partition coefficient (Wildman–Crippen LogP) is 3.54. The molecule has 1 aromatic carbocycles. The van der Waals surface area contributed by atoms with Crippen LogP contribution < -0.4 is 0 Å². The number of hydrogen-bond acceptors (Lipinski definition) is 3. The van der Waals surface area contributed by atoms with E-state index in [0.717, 1.165) is 15.9 Å². The molecule has 2 rings (SSSR count). The summed E-state index contributed by atoms with van der Waals surface area (Å²) >= 11 is 10.4. The van der Waals surface area contributed by atoms with Crippen LogP contribution in [0.3, 0.4) is 0 Å². The van der Waals surface area contributed by atoms with E-state index in [4.69, 9.17) is 11.6 Å². The molecule has 0 atom stereocenters. The van der Waals surface area contributed by atoms with Crippen molar-refractivity contribution in [3.8, 4) is 0 Å². The second kappa shape index (κ2) is 4.38. The van der Waals surface area contributed by atoms with Gasteiger partial charge in [-0.15, -0.1) is 0 Å². The zero-order valence-electron chi connectivity index (χ0n) is 7.08. The van der Waals surface area contributed by atoms with Crippen LogP contribution in [-0.4, -0.2) is 9.36 Å². The van der Waals surface area contributed by atoms with Gasteiger partial charge in [0.05, 0.1) is 0 Å². The van der Waals surface area contributed by atoms with Gasteiger partial charge >= 0.3 is 0 Å². The largest absolute Gasteiger partial charge is 0.234 e. The molecule has 0 bridgehead atoms. The van der Waals surface area contributed by atoms with Crippen LogP contribution in [0.15, 0.2) is 28.7 Å². The van der Waals surface area contributed by atoms with Gasteiger partial charge in [-0.1, -0.05) is 28.1 Å². The molecule has 0 spiro atoms. The Morgan fingerprint density at radius 1 is 1.43 bits per heavy atom. The van der Waals surface area contributed by atoms with Crippen LogP contribution >= 0.6 is 39.1 Å². The third kappa shape index (κ3) is 2.53. The number of halogens is 2. The monoisotopic (exact) mass is 288 g/mol. The van der Waals surface area contributed by atoms with E-state index in [9.17, 15) is 0 Å². The molecule has 0 saturated heterocycles. The lowest BCUT2D eigenvalue weighted by atomic mass is 10.2. The minimum Gasteiger partial charge on any atom is -0.209 e. The van der Waals surface area contributed by atoms with E-state index in [-0.39, 0.29) is 0 Å². The van der Waals surface area contributed by atoms with Gasteiger partial charge in [0.15, 0.2) is 0 Å². The third-order valence-corrected chi connectivity index (χ3v) is 3.16. The summed E-state index contributed by atoms with van der Waals surface area (Å²) in [4.78, 5) is 4.09. The molecule has 0 unspecified atom stereocenters. The normalized spacial score (nSPS) is 10.4. The van der Waals surface area contributed by atoms with Crippen LogP contribution in [0.25, 0.3) is 0 Å². The highest BCUT2D eigenvalue weighted by atomic mass is 79.9. The summed E-state index contributed by atoms with van der Waals surface area (Å²) in [6.07, 6.45) is 0.782. The lowest BCUT2D eigenvalue weighted by Gasteiger charge is -1.97. The highest BCUT2D eigenvalue weighted by Gasteiger charge is 2.02. The molecule has 1 heterocycles. The highest BCUT2D eigenvalue weighted by Crippen LogP contribution is 2.17. The standard InChI is InChI=1S/C9H6BrClN2S/c10-7-3-1-2-6(4-7)5-8-12-9(11)13-14-8/h1-4H,5H2.